The summed E-state index contributed by atoms with van der Waals surface area (Å²) in [6.45, 7) is 0. The first-order chi connectivity index (χ1) is 12.4. The molecule has 0 fully saturated rings. The van der Waals surface area contributed by atoms with Gasteiger partial charge in [-0.1, -0.05) is 6.08 Å². The summed E-state index contributed by atoms with van der Waals surface area (Å²) in [5, 5.41) is 20.0. The number of aromatic hydroxyl groups is 2. The number of carbonyl (C=O) groups is 1. The van der Waals surface area contributed by atoms with Crippen molar-refractivity contribution < 1.29 is 34.0 Å². The van der Waals surface area contributed by atoms with Gasteiger partial charge in [-0.2, -0.15) is 0 Å². The number of phenols is 2. The maximum absolute atomic E-state index is 12.5. The highest BCUT2D eigenvalue weighted by Crippen LogP contribution is 2.38. The monoisotopic (exact) mass is 360 g/mol. The Morgan fingerprint density at radius 2 is 1.42 bits per heavy atom. The third-order valence-corrected chi connectivity index (χ3v) is 3.69. The van der Waals surface area contributed by atoms with Crippen LogP contribution in [0.5, 0.6) is 34.5 Å². The van der Waals surface area contributed by atoms with E-state index in [0.717, 1.165) is 0 Å². The summed E-state index contributed by atoms with van der Waals surface area (Å²) in [6.07, 6.45) is 2.78. The molecular formula is C19H20O7. The lowest BCUT2D eigenvalue weighted by Crippen LogP contribution is -2.00. The second-order valence-corrected chi connectivity index (χ2v) is 5.20. The number of benzene rings is 2. The quantitative estimate of drug-likeness (QED) is 0.579. The second kappa shape index (κ2) is 8.15. The number of phenolic OH excluding ortho intramolecular Hbond substituents is 2. The first-order valence-electron chi connectivity index (χ1n) is 7.57. The van der Waals surface area contributed by atoms with Crippen LogP contribution >= 0.6 is 0 Å². The largest absolute Gasteiger partial charge is 0.507 e. The normalized spacial score (nSPS) is 10.6. The number of rotatable bonds is 7. The number of ketones is 1. The van der Waals surface area contributed by atoms with Crippen molar-refractivity contribution in [3.63, 3.8) is 0 Å². The van der Waals surface area contributed by atoms with E-state index in [0.29, 0.717) is 11.3 Å². The van der Waals surface area contributed by atoms with Crippen molar-refractivity contribution >= 4 is 11.9 Å². The van der Waals surface area contributed by atoms with E-state index in [4.69, 9.17) is 18.9 Å². The molecule has 138 valence electrons. The average Bonchev–Trinajstić information content (AvgIpc) is 2.65. The van der Waals surface area contributed by atoms with Crippen LogP contribution in [0.2, 0.25) is 0 Å². The minimum Gasteiger partial charge on any atom is -0.507 e. The molecule has 0 unspecified atom stereocenters. The van der Waals surface area contributed by atoms with E-state index in [9.17, 15) is 15.0 Å². The molecule has 2 aromatic rings. The van der Waals surface area contributed by atoms with Gasteiger partial charge in [0.05, 0.1) is 28.4 Å². The molecule has 0 bridgehead atoms. The molecule has 26 heavy (non-hydrogen) atoms. The minimum absolute atomic E-state index is 0.0160. The van der Waals surface area contributed by atoms with E-state index in [1.807, 2.05) is 0 Å². The van der Waals surface area contributed by atoms with Crippen molar-refractivity contribution in [2.75, 3.05) is 28.4 Å². The lowest BCUT2D eigenvalue weighted by atomic mass is 10.1. The fraction of sp³-hybridized carbons (Fsp3) is 0.211. The zero-order valence-corrected chi connectivity index (χ0v) is 14.9. The van der Waals surface area contributed by atoms with Crippen LogP contribution in [0.4, 0.5) is 0 Å². The number of hydrogen-bond donors (Lipinski definition) is 2. The number of allylic oxidation sites excluding steroid dienone is 1. The minimum atomic E-state index is -0.465. The highest BCUT2D eigenvalue weighted by Gasteiger charge is 2.17. The van der Waals surface area contributed by atoms with Crippen LogP contribution in [0.3, 0.4) is 0 Å². The predicted molar refractivity (Wildman–Crippen MR) is 95.8 cm³/mol. The first kappa shape index (κ1) is 19.0. The smallest absolute Gasteiger partial charge is 0.200 e. The lowest BCUT2D eigenvalue weighted by Gasteiger charge is -2.11. The summed E-state index contributed by atoms with van der Waals surface area (Å²) in [5.74, 6) is 0.130. The fourth-order valence-corrected chi connectivity index (χ4v) is 2.37. The van der Waals surface area contributed by atoms with Crippen LogP contribution in [0.1, 0.15) is 15.9 Å². The molecule has 2 aromatic carbocycles. The standard InChI is InChI=1S/C19H20O7/c1-23-12-9-14(21)18(15(10-12)24-2)13(20)6-5-11-7-16(25-3)19(22)17(8-11)26-4/h5-10,21-22H,1-4H3. The molecule has 2 rings (SSSR count). The summed E-state index contributed by atoms with van der Waals surface area (Å²) in [5.41, 5.74) is 0.582. The van der Waals surface area contributed by atoms with Crippen LogP contribution in [0.25, 0.3) is 6.08 Å². The SMILES string of the molecule is COc1cc(O)c(C(=O)C=Cc2cc(OC)c(O)c(OC)c2)c(OC)c1. The number of carbonyl (C=O) groups excluding carboxylic acids is 1. The zero-order chi connectivity index (χ0) is 19.3. The first-order valence-corrected chi connectivity index (χ1v) is 7.57. The molecule has 0 heterocycles. The molecule has 0 radical (unpaired) electrons. The van der Waals surface area contributed by atoms with Crippen molar-refractivity contribution in [3.05, 3.63) is 41.5 Å². The van der Waals surface area contributed by atoms with Gasteiger partial charge in [-0.05, 0) is 23.8 Å². The Morgan fingerprint density at radius 3 is 1.92 bits per heavy atom. The van der Waals surface area contributed by atoms with Gasteiger partial charge >= 0.3 is 0 Å². The van der Waals surface area contributed by atoms with Crippen LogP contribution in [-0.2, 0) is 0 Å². The van der Waals surface area contributed by atoms with Crippen LogP contribution in [0.15, 0.2) is 30.3 Å². The molecule has 0 spiro atoms. The Hall–Kier alpha value is -3.35. The number of methoxy groups -OCH3 is 4. The molecular weight excluding hydrogens is 340 g/mol. The lowest BCUT2D eigenvalue weighted by molar-refractivity contribution is 0.104. The average molecular weight is 360 g/mol. The Bertz CT molecular complexity index is 815. The molecule has 0 aliphatic rings. The number of hydrogen-bond acceptors (Lipinski definition) is 7. The molecule has 7 nitrogen and oxygen atoms in total. The Morgan fingerprint density at radius 1 is 0.846 bits per heavy atom. The molecule has 0 saturated carbocycles. The Labute approximate surface area is 151 Å². The molecule has 0 atom stereocenters. The van der Waals surface area contributed by atoms with Crippen LogP contribution < -0.4 is 18.9 Å². The fourth-order valence-electron chi connectivity index (χ4n) is 2.37. The maximum Gasteiger partial charge on any atom is 0.200 e. The molecule has 0 aliphatic heterocycles. The molecule has 0 aromatic heterocycles. The van der Waals surface area contributed by atoms with E-state index in [-0.39, 0.29) is 34.3 Å². The third kappa shape index (κ3) is 3.83. The summed E-state index contributed by atoms with van der Waals surface area (Å²) < 4.78 is 20.4. The van der Waals surface area contributed by atoms with Gasteiger partial charge in [-0.3, -0.25) is 4.79 Å². The summed E-state index contributed by atoms with van der Waals surface area (Å²) >= 11 is 0. The topological polar surface area (TPSA) is 94.5 Å². The van der Waals surface area contributed by atoms with Crippen LogP contribution in [-0.4, -0.2) is 44.4 Å². The summed E-state index contributed by atoms with van der Waals surface area (Å²) in [6, 6.07) is 5.93. The third-order valence-electron chi connectivity index (χ3n) is 3.69. The highest BCUT2D eigenvalue weighted by atomic mass is 16.5. The second-order valence-electron chi connectivity index (χ2n) is 5.20. The van der Waals surface area contributed by atoms with Crippen molar-refractivity contribution in [2.45, 2.75) is 0 Å². The van der Waals surface area contributed by atoms with Gasteiger partial charge in [-0.15, -0.1) is 0 Å². The Kier molecular flexibility index (Phi) is 5.95. The highest BCUT2D eigenvalue weighted by molar-refractivity contribution is 6.10. The number of ether oxygens (including phenoxy) is 4. The van der Waals surface area contributed by atoms with Crippen molar-refractivity contribution in [1.82, 2.24) is 0 Å². The van der Waals surface area contributed by atoms with Gasteiger partial charge in [0.1, 0.15) is 22.8 Å². The molecule has 0 amide bonds. The molecule has 0 aliphatic carbocycles. The zero-order valence-electron chi connectivity index (χ0n) is 14.9. The summed E-state index contributed by atoms with van der Waals surface area (Å²) in [7, 11) is 5.66. The van der Waals surface area contributed by atoms with Gasteiger partial charge in [0.15, 0.2) is 17.3 Å². The van der Waals surface area contributed by atoms with Gasteiger partial charge < -0.3 is 29.2 Å². The molecule has 7 heteroatoms. The summed E-state index contributed by atoms with van der Waals surface area (Å²) in [4.78, 5) is 12.5. The van der Waals surface area contributed by atoms with Gasteiger partial charge in [-0.25, -0.2) is 0 Å². The van der Waals surface area contributed by atoms with Crippen LogP contribution in [0, 0.1) is 0 Å². The molecule has 2 N–H and O–H groups in total. The van der Waals surface area contributed by atoms with E-state index in [1.54, 1.807) is 12.1 Å². The van der Waals surface area contributed by atoms with E-state index < -0.39 is 5.78 Å². The van der Waals surface area contributed by atoms with Gasteiger partial charge in [0.25, 0.3) is 0 Å². The van der Waals surface area contributed by atoms with E-state index in [1.165, 1.54) is 52.7 Å². The maximum atomic E-state index is 12.5. The van der Waals surface area contributed by atoms with Gasteiger partial charge in [0.2, 0.25) is 5.75 Å². The molecule has 0 saturated heterocycles. The van der Waals surface area contributed by atoms with Crippen molar-refractivity contribution in [1.29, 1.82) is 0 Å². The predicted octanol–water partition coefficient (Wildman–Crippen LogP) is 3.03. The van der Waals surface area contributed by atoms with Crippen molar-refractivity contribution in [2.24, 2.45) is 0 Å². The van der Waals surface area contributed by atoms with Gasteiger partial charge in [0, 0.05) is 12.1 Å². The van der Waals surface area contributed by atoms with E-state index >= 15 is 0 Å². The van der Waals surface area contributed by atoms with Crippen molar-refractivity contribution in [3.8, 4) is 34.5 Å². The van der Waals surface area contributed by atoms with E-state index in [2.05, 4.69) is 0 Å². The Balaban J connectivity index is 2.39.